The van der Waals surface area contributed by atoms with Crippen LogP contribution in [0.15, 0.2) is 304 Å². The van der Waals surface area contributed by atoms with E-state index in [9.17, 15) is 43.2 Å². The fraction of sp³-hybridized carbons (Fsp3) is 0.279. The van der Waals surface area contributed by atoms with Crippen molar-refractivity contribution in [2.45, 2.75) is 139 Å². The Morgan fingerprint density at radius 3 is 0.947 bits per heavy atom. The van der Waals surface area contributed by atoms with Gasteiger partial charge in [0.1, 0.15) is 38.7 Å². The number of fused-ring (bicyclic) bond motifs is 9. The summed E-state index contributed by atoms with van der Waals surface area (Å²) in [5.74, 6) is -1.78. The summed E-state index contributed by atoms with van der Waals surface area (Å²) >= 11 is 0. The van der Waals surface area contributed by atoms with Crippen molar-refractivity contribution in [3.05, 3.63) is 360 Å². The summed E-state index contributed by atoms with van der Waals surface area (Å²) in [7, 11) is 0. The monoisotopic (exact) mass is 1800 g/mol. The van der Waals surface area contributed by atoms with E-state index in [1.807, 2.05) is 116 Å². The number of aliphatic hydroxyl groups excluding tert-OH is 1. The highest BCUT2D eigenvalue weighted by Gasteiger charge is 2.34. The van der Waals surface area contributed by atoms with Crippen LogP contribution in [0.3, 0.4) is 0 Å². The van der Waals surface area contributed by atoms with E-state index in [0.717, 1.165) is 81.3 Å². The summed E-state index contributed by atoms with van der Waals surface area (Å²) < 4.78 is 36.4. The van der Waals surface area contributed by atoms with Gasteiger partial charge in [0.05, 0.1) is 16.7 Å². The molecule has 0 fully saturated rings. The van der Waals surface area contributed by atoms with Gasteiger partial charge in [-0.3, -0.25) is 25.1 Å². The number of ether oxygens (including phenoxy) is 6. The average Bonchev–Trinajstić information content (AvgIpc) is 1.63. The first-order valence-corrected chi connectivity index (χ1v) is 44.8. The molecule has 690 valence electrons. The van der Waals surface area contributed by atoms with Gasteiger partial charge >= 0.3 is 54.3 Å². The van der Waals surface area contributed by atoms with Crippen LogP contribution in [-0.4, -0.2) is 155 Å². The number of nitrogens with one attached hydrogen (secondary N) is 7. The van der Waals surface area contributed by atoms with Crippen molar-refractivity contribution in [3.63, 3.8) is 0 Å². The highest BCUT2D eigenvalue weighted by molar-refractivity contribution is 5.91. The summed E-state index contributed by atoms with van der Waals surface area (Å²) in [6.45, 7) is 4.45. The zero-order chi connectivity index (χ0) is 93.3. The van der Waals surface area contributed by atoms with Crippen LogP contribution >= 0.6 is 0 Å². The van der Waals surface area contributed by atoms with E-state index in [2.05, 4.69) is 120 Å². The molecule has 3 aliphatic rings. The number of nitrogens with zero attached hydrogens (tertiary/aromatic N) is 4. The number of aromatic nitrogens is 4. The molecule has 2 heterocycles. The SMILES string of the molecule is CC(Cc1ccccc1)NC(=O)NCCCCC(N)O.NCCCCC(NC(=O)OCC1c2ccccc2-c2ccccc21)OC(=O)c1ccccc1.O=C(NC(CCCCNC(=O)n1ccnc1)OC(=O)c1ccccc1)OCC1c2ccccc2-c2ccccc21.O=C(NC(CCCCNC(=O)n1ccnc1)OC(=O)c1ccccc1)OCC1c2ccccc2-c2ccccc21. The second kappa shape index (κ2) is 51.4. The minimum absolute atomic E-state index is 0.0364. The second-order valence-electron chi connectivity index (χ2n) is 31.9. The molecule has 2 aromatic heterocycles. The Kier molecular flexibility index (Phi) is 37.5. The fourth-order valence-electron chi connectivity index (χ4n) is 15.8. The van der Waals surface area contributed by atoms with Crippen molar-refractivity contribution in [1.29, 1.82) is 0 Å². The van der Waals surface area contributed by atoms with Gasteiger partial charge in [0, 0.05) is 87.5 Å². The number of nitrogens with two attached hydrogens (primary N) is 2. The quantitative estimate of drug-likeness (QED) is 0.00748. The molecule has 29 heteroatoms. The van der Waals surface area contributed by atoms with Crippen molar-refractivity contribution >= 4 is 54.3 Å². The molecular formula is C104H113N13O16. The van der Waals surface area contributed by atoms with Gasteiger partial charge in [0.25, 0.3) is 0 Å². The molecule has 0 saturated carbocycles. The van der Waals surface area contributed by atoms with Gasteiger partial charge < -0.3 is 66.3 Å². The van der Waals surface area contributed by atoms with Crippen molar-refractivity contribution in [2.24, 2.45) is 11.5 Å². The van der Waals surface area contributed by atoms with Gasteiger partial charge in [-0.25, -0.2) is 53.1 Å². The molecule has 12 aromatic rings. The number of hydrogen-bond acceptors (Lipinski definition) is 20. The Morgan fingerprint density at radius 2 is 0.647 bits per heavy atom. The molecule has 29 nitrogen and oxygen atoms in total. The number of benzene rings is 10. The van der Waals surface area contributed by atoms with Gasteiger partial charge in [-0.2, -0.15) is 0 Å². The summed E-state index contributed by atoms with van der Waals surface area (Å²) in [6.07, 6.45) is 11.8. The second-order valence-corrected chi connectivity index (χ2v) is 31.9. The molecule has 15 rings (SSSR count). The molecular weight excluding hydrogens is 1690 g/mol. The summed E-state index contributed by atoms with van der Waals surface area (Å²) in [4.78, 5) is 120. The first-order chi connectivity index (χ1) is 64.9. The van der Waals surface area contributed by atoms with E-state index < -0.39 is 61.1 Å². The number of unbranched alkanes of at least 4 members (excludes halogenated alkanes) is 4. The molecule has 0 aliphatic heterocycles. The van der Waals surface area contributed by atoms with Crippen LogP contribution in [0, 0.1) is 0 Å². The molecule has 7 amide bonds. The van der Waals surface area contributed by atoms with Crippen LogP contribution in [-0.2, 0) is 34.8 Å². The Labute approximate surface area is 773 Å². The summed E-state index contributed by atoms with van der Waals surface area (Å²) in [5.41, 5.74) is 26.8. The van der Waals surface area contributed by atoms with E-state index in [1.54, 1.807) is 97.3 Å². The van der Waals surface area contributed by atoms with Crippen LogP contribution in [0.4, 0.5) is 28.8 Å². The lowest BCUT2D eigenvalue weighted by Crippen LogP contribution is -2.42. The Bertz CT molecular complexity index is 5360. The summed E-state index contributed by atoms with van der Waals surface area (Å²) in [6, 6.07) is 84.1. The highest BCUT2D eigenvalue weighted by atomic mass is 16.6. The molecule has 0 bridgehead atoms. The number of alkyl carbamates (subject to hydrolysis) is 3. The van der Waals surface area contributed by atoms with Crippen LogP contribution in [0.5, 0.6) is 0 Å². The lowest BCUT2D eigenvalue weighted by atomic mass is 9.98. The summed E-state index contributed by atoms with van der Waals surface area (Å²) in [5, 5.41) is 28.3. The van der Waals surface area contributed by atoms with Crippen molar-refractivity contribution < 1.29 is 76.7 Å². The van der Waals surface area contributed by atoms with Gasteiger partial charge in [-0.1, -0.05) is 231 Å². The first-order valence-electron chi connectivity index (χ1n) is 44.8. The van der Waals surface area contributed by atoms with Gasteiger partial charge in [-0.15, -0.1) is 0 Å². The van der Waals surface area contributed by atoms with E-state index in [-0.39, 0.29) is 61.7 Å². The zero-order valence-electron chi connectivity index (χ0n) is 74.1. The highest BCUT2D eigenvalue weighted by Crippen LogP contribution is 2.47. The third-order valence-electron chi connectivity index (χ3n) is 22.4. The molecule has 5 atom stereocenters. The fourth-order valence-corrected chi connectivity index (χ4v) is 15.8. The van der Waals surface area contributed by atoms with E-state index in [4.69, 9.17) is 45.0 Å². The predicted octanol–water partition coefficient (Wildman–Crippen LogP) is 16.9. The van der Waals surface area contributed by atoms with Crippen LogP contribution < -0.4 is 48.7 Å². The predicted molar refractivity (Wildman–Crippen MR) is 504 cm³/mol. The molecule has 0 spiro atoms. The molecule has 10 aromatic carbocycles. The number of hydrogen-bond donors (Lipinski definition) is 10. The lowest BCUT2D eigenvalue weighted by molar-refractivity contribution is 0.0161. The molecule has 0 radical (unpaired) electrons. The van der Waals surface area contributed by atoms with Crippen LogP contribution in [0.2, 0.25) is 0 Å². The maximum atomic E-state index is 12.9. The van der Waals surface area contributed by atoms with E-state index in [1.165, 1.54) is 50.9 Å². The Balaban J connectivity index is 0.000000164. The molecule has 0 saturated heterocycles. The average molecular weight is 1800 g/mol. The molecule has 3 aliphatic carbocycles. The Morgan fingerprint density at radius 1 is 0.361 bits per heavy atom. The van der Waals surface area contributed by atoms with E-state index in [0.29, 0.717) is 101 Å². The van der Waals surface area contributed by atoms with Gasteiger partial charge in [-0.05, 0) is 186 Å². The number of aliphatic hydroxyl groups is 1. The normalized spacial score (nSPS) is 12.8. The maximum absolute atomic E-state index is 12.9. The number of rotatable bonds is 37. The lowest BCUT2D eigenvalue weighted by Gasteiger charge is -2.20. The number of esters is 3. The molecule has 5 unspecified atom stereocenters. The number of urea groups is 1. The van der Waals surface area contributed by atoms with Crippen LogP contribution in [0.1, 0.15) is 172 Å². The van der Waals surface area contributed by atoms with E-state index >= 15 is 0 Å². The minimum Gasteiger partial charge on any atom is -0.448 e. The number of carbonyl (C=O) groups excluding carboxylic acids is 9. The largest absolute Gasteiger partial charge is 0.448 e. The molecule has 12 N–H and O–H groups in total. The van der Waals surface area contributed by atoms with Crippen molar-refractivity contribution in [2.75, 3.05) is 46.0 Å². The molecule has 133 heavy (non-hydrogen) atoms. The van der Waals surface area contributed by atoms with Crippen molar-refractivity contribution in [1.82, 2.24) is 56.3 Å². The minimum atomic E-state index is -0.896. The smallest absolute Gasteiger partial charge is 0.410 e. The number of imidazole rings is 2. The third kappa shape index (κ3) is 29.5. The number of carbonyl (C=O) groups is 9. The first kappa shape index (κ1) is 97.0. The van der Waals surface area contributed by atoms with Crippen LogP contribution in [0.25, 0.3) is 33.4 Å². The maximum Gasteiger partial charge on any atom is 0.410 e. The standard InChI is InChI=1S/2C31H30N4O5.C27H28N2O4.C15H25N3O2/c2*36-29(22-10-2-1-3-11-22)40-28(16-8-9-17-33-30(37)35-19-18-32-21-35)34-31(38)39-20-27-25-14-6-4-12-23(25)24-13-5-7-15-26(24)27;28-17-9-8-16-25(33-26(30)19-10-2-1-3-11-19)29-27(31)32-18-24-22-14-6-4-12-20(22)21-13-5-7-15-23(21)24;1-12(11-13-7-3-2-4-8-13)18-15(20)17-10-6-5-9-14(16)19/h2*1-7,10-15,18-19,21,27-28H,8-9,16-17,20H2,(H,33,37)(H,34,38);1-7,10-15,24-25H,8-9,16-18,28H2,(H,29,31);2-4,7-8,12,14,19H,5-6,9-11,16H2,1H3,(H2,17,18,20). The zero-order valence-corrected chi connectivity index (χ0v) is 74.1. The number of amides is 7. The van der Waals surface area contributed by atoms with Crippen molar-refractivity contribution in [3.8, 4) is 33.4 Å². The topological polar surface area (TPSA) is 401 Å². The van der Waals surface area contributed by atoms with Gasteiger partial charge in [0.15, 0.2) is 18.7 Å². The third-order valence-corrected chi connectivity index (χ3v) is 22.4. The van der Waals surface area contributed by atoms with Gasteiger partial charge in [0.2, 0.25) is 0 Å². The Hall–Kier alpha value is -15.1.